The highest BCUT2D eigenvalue weighted by atomic mass is 35.5. The molecule has 8 heteroatoms. The van der Waals surface area contributed by atoms with E-state index in [0.29, 0.717) is 22.2 Å². The molecular formula is C15H16Cl2N2O2S2. The molecule has 1 fully saturated rings. The molecule has 1 aromatic carbocycles. The standard InChI is InChI=1S/C15H16Cl2N2O2S2/c1-10-7-14(22-18-10)23(20,21)19-15(5-2-6-15)9-11-3-4-12(16)8-13(11)17/h3-4,7-8,19H,2,5-6,9H2,1H3. The average Bonchev–Trinajstić information content (AvgIpc) is 2.86. The number of benzene rings is 1. The van der Waals surface area contributed by atoms with Gasteiger partial charge in [-0.15, -0.1) is 0 Å². The third-order valence-corrected chi connectivity index (χ3v) is 7.57. The Balaban J connectivity index is 1.84. The average molecular weight is 391 g/mol. The molecule has 1 N–H and O–H groups in total. The van der Waals surface area contributed by atoms with Crippen LogP contribution in [0, 0.1) is 6.92 Å². The molecule has 0 spiro atoms. The topological polar surface area (TPSA) is 59.1 Å². The van der Waals surface area contributed by atoms with Gasteiger partial charge in [0.15, 0.2) is 4.21 Å². The molecule has 124 valence electrons. The second kappa shape index (κ2) is 6.33. The van der Waals surface area contributed by atoms with Crippen molar-refractivity contribution in [3.63, 3.8) is 0 Å². The molecule has 0 radical (unpaired) electrons. The van der Waals surface area contributed by atoms with E-state index in [1.807, 2.05) is 6.07 Å². The van der Waals surface area contributed by atoms with E-state index in [1.54, 1.807) is 25.1 Å². The normalized spacial score (nSPS) is 17.0. The summed E-state index contributed by atoms with van der Waals surface area (Å²) in [4.78, 5) is 0. The van der Waals surface area contributed by atoms with Gasteiger partial charge in [0, 0.05) is 15.6 Å². The van der Waals surface area contributed by atoms with E-state index in [2.05, 4.69) is 9.10 Å². The van der Waals surface area contributed by atoms with Gasteiger partial charge in [-0.25, -0.2) is 13.1 Å². The monoisotopic (exact) mass is 390 g/mol. The summed E-state index contributed by atoms with van der Waals surface area (Å²) in [6.45, 7) is 1.78. The van der Waals surface area contributed by atoms with Gasteiger partial charge in [0.05, 0.1) is 5.69 Å². The van der Waals surface area contributed by atoms with Crippen molar-refractivity contribution >= 4 is 44.8 Å². The van der Waals surface area contributed by atoms with Crippen LogP contribution < -0.4 is 4.72 Å². The molecule has 1 heterocycles. The van der Waals surface area contributed by atoms with E-state index < -0.39 is 15.6 Å². The van der Waals surface area contributed by atoms with Crippen molar-refractivity contribution in [1.82, 2.24) is 9.10 Å². The molecule has 0 atom stereocenters. The summed E-state index contributed by atoms with van der Waals surface area (Å²) in [5.41, 5.74) is 1.13. The van der Waals surface area contributed by atoms with Gasteiger partial charge in [-0.1, -0.05) is 29.3 Å². The summed E-state index contributed by atoms with van der Waals surface area (Å²) in [7, 11) is -3.56. The second-order valence-corrected chi connectivity index (χ2v) is 9.50. The maximum absolute atomic E-state index is 12.6. The number of hydrogen-bond donors (Lipinski definition) is 1. The molecule has 4 nitrogen and oxygen atoms in total. The predicted octanol–water partition coefficient (Wildman–Crippen LogP) is 4.20. The zero-order valence-corrected chi connectivity index (χ0v) is 15.6. The van der Waals surface area contributed by atoms with Gasteiger partial charge in [0.25, 0.3) is 10.0 Å². The maximum Gasteiger partial charge on any atom is 0.252 e. The van der Waals surface area contributed by atoms with Crippen LogP contribution in [0.1, 0.15) is 30.5 Å². The molecule has 1 aromatic heterocycles. The molecule has 23 heavy (non-hydrogen) atoms. The van der Waals surface area contributed by atoms with Crippen molar-refractivity contribution < 1.29 is 8.42 Å². The zero-order valence-electron chi connectivity index (χ0n) is 12.5. The first kappa shape index (κ1) is 17.2. The highest BCUT2D eigenvalue weighted by Crippen LogP contribution is 2.38. The summed E-state index contributed by atoms with van der Waals surface area (Å²) in [6, 6.07) is 6.91. The van der Waals surface area contributed by atoms with Crippen LogP contribution in [0.3, 0.4) is 0 Å². The van der Waals surface area contributed by atoms with E-state index in [0.717, 1.165) is 36.4 Å². The van der Waals surface area contributed by atoms with E-state index in [4.69, 9.17) is 23.2 Å². The molecule has 3 rings (SSSR count). The van der Waals surface area contributed by atoms with Crippen LogP contribution in [0.25, 0.3) is 0 Å². The molecule has 1 aliphatic carbocycles. The lowest BCUT2D eigenvalue weighted by Gasteiger charge is -2.42. The summed E-state index contributed by atoms with van der Waals surface area (Å²) >= 11 is 13.2. The number of sulfonamides is 1. The van der Waals surface area contributed by atoms with Gasteiger partial charge in [-0.2, -0.15) is 4.37 Å². The lowest BCUT2D eigenvalue weighted by Crippen LogP contribution is -2.54. The number of rotatable bonds is 5. The van der Waals surface area contributed by atoms with Crippen molar-refractivity contribution in [1.29, 1.82) is 0 Å². The Kier molecular flexibility index (Phi) is 4.73. The predicted molar refractivity (Wildman–Crippen MR) is 93.9 cm³/mol. The lowest BCUT2D eigenvalue weighted by molar-refractivity contribution is 0.220. The van der Waals surface area contributed by atoms with Gasteiger partial charge < -0.3 is 0 Å². The van der Waals surface area contributed by atoms with E-state index in [1.165, 1.54) is 0 Å². The van der Waals surface area contributed by atoms with Gasteiger partial charge in [-0.3, -0.25) is 0 Å². The summed E-state index contributed by atoms with van der Waals surface area (Å²) in [6.07, 6.45) is 3.14. The number of nitrogens with one attached hydrogen (secondary N) is 1. The van der Waals surface area contributed by atoms with Crippen molar-refractivity contribution in [3.8, 4) is 0 Å². The molecule has 1 aliphatic rings. The molecular weight excluding hydrogens is 375 g/mol. The molecule has 0 unspecified atom stereocenters. The minimum Gasteiger partial charge on any atom is -0.206 e. The van der Waals surface area contributed by atoms with Gasteiger partial charge in [0.2, 0.25) is 0 Å². The minimum absolute atomic E-state index is 0.253. The first-order chi connectivity index (χ1) is 10.8. The van der Waals surface area contributed by atoms with Gasteiger partial charge in [-0.05, 0) is 67.9 Å². The molecule has 2 aromatic rings. The fourth-order valence-corrected chi connectivity index (χ4v) is 5.64. The van der Waals surface area contributed by atoms with Crippen molar-refractivity contribution in [2.75, 3.05) is 0 Å². The quantitative estimate of drug-likeness (QED) is 0.831. The first-order valence-electron chi connectivity index (χ1n) is 7.21. The summed E-state index contributed by atoms with van der Waals surface area (Å²) in [5.74, 6) is 0. The summed E-state index contributed by atoms with van der Waals surface area (Å²) in [5, 5.41) is 1.14. The Labute approximate surface area is 150 Å². The Morgan fingerprint density at radius 1 is 1.30 bits per heavy atom. The second-order valence-electron chi connectivity index (χ2n) is 5.94. The molecule has 0 amide bonds. The fourth-order valence-electron chi connectivity index (χ4n) is 2.75. The zero-order chi connectivity index (χ0) is 16.7. The third-order valence-electron chi connectivity index (χ3n) is 4.08. The molecule has 0 bridgehead atoms. The third kappa shape index (κ3) is 3.72. The lowest BCUT2D eigenvalue weighted by atomic mass is 9.74. The highest BCUT2D eigenvalue weighted by Gasteiger charge is 2.41. The fraction of sp³-hybridized carbons (Fsp3) is 0.400. The highest BCUT2D eigenvalue weighted by molar-refractivity contribution is 7.91. The minimum atomic E-state index is -3.56. The number of aryl methyl sites for hydroxylation is 1. The SMILES string of the molecule is Cc1cc(S(=O)(=O)NC2(Cc3ccc(Cl)cc3Cl)CCC2)sn1. The maximum atomic E-state index is 12.6. The van der Waals surface area contributed by atoms with E-state index in [-0.39, 0.29) is 4.21 Å². The van der Waals surface area contributed by atoms with Crippen molar-refractivity contribution in [2.24, 2.45) is 0 Å². The summed E-state index contributed by atoms with van der Waals surface area (Å²) < 4.78 is 32.4. The van der Waals surface area contributed by atoms with E-state index >= 15 is 0 Å². The van der Waals surface area contributed by atoms with Crippen molar-refractivity contribution in [2.45, 2.75) is 42.4 Å². The van der Waals surface area contributed by atoms with Gasteiger partial charge >= 0.3 is 0 Å². The van der Waals surface area contributed by atoms with Crippen LogP contribution in [0.15, 0.2) is 28.5 Å². The Hall–Kier alpha value is -0.660. The van der Waals surface area contributed by atoms with Crippen LogP contribution in [0.5, 0.6) is 0 Å². The first-order valence-corrected chi connectivity index (χ1v) is 10.2. The van der Waals surface area contributed by atoms with Gasteiger partial charge in [0.1, 0.15) is 0 Å². The number of halogens is 2. The Morgan fingerprint density at radius 2 is 2.04 bits per heavy atom. The van der Waals surface area contributed by atoms with Crippen LogP contribution in [0.2, 0.25) is 10.0 Å². The molecule has 0 saturated heterocycles. The smallest absolute Gasteiger partial charge is 0.206 e. The van der Waals surface area contributed by atoms with Crippen LogP contribution >= 0.6 is 34.7 Å². The molecule has 1 saturated carbocycles. The Morgan fingerprint density at radius 3 is 2.57 bits per heavy atom. The van der Waals surface area contributed by atoms with Crippen LogP contribution in [0.4, 0.5) is 0 Å². The van der Waals surface area contributed by atoms with Crippen LogP contribution in [-0.4, -0.2) is 18.3 Å². The number of aromatic nitrogens is 1. The Bertz CT molecular complexity index is 830. The number of hydrogen-bond acceptors (Lipinski definition) is 4. The largest absolute Gasteiger partial charge is 0.252 e. The molecule has 0 aliphatic heterocycles. The van der Waals surface area contributed by atoms with Crippen LogP contribution in [-0.2, 0) is 16.4 Å². The number of nitrogens with zero attached hydrogens (tertiary/aromatic N) is 1. The van der Waals surface area contributed by atoms with Crippen molar-refractivity contribution in [3.05, 3.63) is 45.6 Å². The van der Waals surface area contributed by atoms with E-state index in [9.17, 15) is 8.42 Å².